The molecule has 7 nitrogen and oxygen atoms in total. The average Bonchev–Trinajstić information content (AvgIpc) is 3.13. The number of halogens is 1. The van der Waals surface area contributed by atoms with Gasteiger partial charge in [0.2, 0.25) is 11.8 Å². The lowest BCUT2D eigenvalue weighted by molar-refractivity contribution is -0.151. The highest BCUT2D eigenvalue weighted by Gasteiger charge is 2.58. The van der Waals surface area contributed by atoms with Crippen LogP contribution in [-0.4, -0.2) is 48.4 Å². The fraction of sp³-hybridized carbons (Fsp3) is 0.526. The molecule has 2 amide bonds. The van der Waals surface area contributed by atoms with Crippen molar-refractivity contribution in [2.24, 2.45) is 11.7 Å². The van der Waals surface area contributed by atoms with Gasteiger partial charge < -0.3 is 20.7 Å². The van der Waals surface area contributed by atoms with Crippen LogP contribution in [0.3, 0.4) is 0 Å². The number of nitrogens with one attached hydrogen (secondary N) is 1. The Morgan fingerprint density at radius 3 is 2.78 bits per heavy atom. The van der Waals surface area contributed by atoms with Crippen molar-refractivity contribution in [1.29, 1.82) is 0 Å². The third-order valence-corrected chi connectivity index (χ3v) is 5.57. The van der Waals surface area contributed by atoms with E-state index in [2.05, 4.69) is 5.32 Å². The van der Waals surface area contributed by atoms with Gasteiger partial charge in [-0.05, 0) is 42.5 Å². The van der Waals surface area contributed by atoms with Gasteiger partial charge in [0.15, 0.2) is 0 Å². The van der Waals surface area contributed by atoms with E-state index in [9.17, 15) is 14.4 Å². The van der Waals surface area contributed by atoms with Gasteiger partial charge in [-0.25, -0.2) is 4.79 Å². The highest BCUT2D eigenvalue weighted by Crippen LogP contribution is 2.47. The number of anilines is 1. The van der Waals surface area contributed by atoms with Gasteiger partial charge in [0.1, 0.15) is 6.04 Å². The van der Waals surface area contributed by atoms with E-state index in [-0.39, 0.29) is 30.7 Å². The van der Waals surface area contributed by atoms with E-state index in [1.54, 1.807) is 18.2 Å². The molecule has 8 heteroatoms. The SMILES string of the molecule is COC(=O)C1C[C@@]2(CN1C(=O)[C@@H](N)CC(C)C)C(=O)Nc1ccc(Cl)cc12. The van der Waals surface area contributed by atoms with Crippen LogP contribution in [0, 0.1) is 5.92 Å². The lowest BCUT2D eigenvalue weighted by Gasteiger charge is -2.27. The van der Waals surface area contributed by atoms with Crippen LogP contribution < -0.4 is 11.1 Å². The van der Waals surface area contributed by atoms with Gasteiger partial charge in [-0.15, -0.1) is 0 Å². The molecule has 0 radical (unpaired) electrons. The maximum Gasteiger partial charge on any atom is 0.328 e. The lowest BCUT2D eigenvalue weighted by atomic mass is 9.79. The molecule has 27 heavy (non-hydrogen) atoms. The first-order valence-corrected chi connectivity index (χ1v) is 9.32. The molecule has 1 spiro atoms. The first-order valence-electron chi connectivity index (χ1n) is 8.95. The Bertz CT molecular complexity index is 797. The Morgan fingerprint density at radius 1 is 1.44 bits per heavy atom. The molecule has 3 N–H and O–H groups in total. The molecule has 3 atom stereocenters. The number of carbonyl (C=O) groups is 3. The molecule has 1 saturated heterocycles. The zero-order valence-electron chi connectivity index (χ0n) is 15.6. The molecule has 1 fully saturated rings. The van der Waals surface area contributed by atoms with Crippen LogP contribution in [0.15, 0.2) is 18.2 Å². The number of fused-ring (bicyclic) bond motifs is 2. The van der Waals surface area contributed by atoms with Crippen molar-refractivity contribution in [3.05, 3.63) is 28.8 Å². The number of rotatable bonds is 4. The summed E-state index contributed by atoms with van der Waals surface area (Å²) >= 11 is 6.13. The van der Waals surface area contributed by atoms with Crippen LogP contribution in [0.25, 0.3) is 0 Å². The van der Waals surface area contributed by atoms with Crippen LogP contribution in [0.5, 0.6) is 0 Å². The van der Waals surface area contributed by atoms with Crippen molar-refractivity contribution in [2.45, 2.75) is 44.2 Å². The van der Waals surface area contributed by atoms with Gasteiger partial charge in [0, 0.05) is 17.3 Å². The fourth-order valence-corrected chi connectivity index (χ4v) is 4.22. The largest absolute Gasteiger partial charge is 0.467 e. The Hall–Kier alpha value is -2.12. The smallest absolute Gasteiger partial charge is 0.328 e. The highest BCUT2D eigenvalue weighted by atomic mass is 35.5. The number of ether oxygens (including phenoxy) is 1. The second-order valence-electron chi connectivity index (χ2n) is 7.67. The number of methoxy groups -OCH3 is 1. The zero-order chi connectivity index (χ0) is 19.9. The molecular formula is C19H24ClN3O4. The Morgan fingerprint density at radius 2 is 2.15 bits per heavy atom. The first kappa shape index (κ1) is 19.6. The van der Waals surface area contributed by atoms with E-state index in [0.29, 0.717) is 22.7 Å². The van der Waals surface area contributed by atoms with E-state index < -0.39 is 23.5 Å². The van der Waals surface area contributed by atoms with Crippen molar-refractivity contribution in [3.63, 3.8) is 0 Å². The second-order valence-corrected chi connectivity index (χ2v) is 8.11. The number of amides is 2. The standard InChI is InChI=1S/C19H24ClN3O4/c1-10(2)6-13(21)16(24)23-9-19(8-15(23)17(25)27-3)12-7-11(20)4-5-14(12)22-18(19)26/h4-5,7,10,13,15H,6,8-9,21H2,1-3H3,(H,22,26)/t13-,15?,19-/m0/s1. The fourth-order valence-electron chi connectivity index (χ4n) is 4.05. The third-order valence-electron chi connectivity index (χ3n) is 5.34. The maximum atomic E-state index is 13.0. The summed E-state index contributed by atoms with van der Waals surface area (Å²) in [7, 11) is 1.27. The molecule has 146 valence electrons. The monoisotopic (exact) mass is 393 g/mol. The van der Waals surface area contributed by atoms with Gasteiger partial charge in [0.05, 0.1) is 18.6 Å². The van der Waals surface area contributed by atoms with E-state index in [1.807, 2.05) is 13.8 Å². The minimum Gasteiger partial charge on any atom is -0.467 e. The van der Waals surface area contributed by atoms with Crippen molar-refractivity contribution in [1.82, 2.24) is 4.90 Å². The number of likely N-dealkylation sites (tertiary alicyclic amines) is 1. The maximum absolute atomic E-state index is 13.0. The lowest BCUT2D eigenvalue weighted by Crippen LogP contribution is -2.50. The summed E-state index contributed by atoms with van der Waals surface area (Å²) in [5, 5.41) is 3.32. The van der Waals surface area contributed by atoms with Crippen LogP contribution >= 0.6 is 11.6 Å². The number of hydrogen-bond acceptors (Lipinski definition) is 5. The zero-order valence-corrected chi connectivity index (χ0v) is 16.4. The molecule has 3 rings (SSSR count). The Kier molecular flexibility index (Phi) is 5.18. The average molecular weight is 394 g/mol. The summed E-state index contributed by atoms with van der Waals surface area (Å²) in [6.45, 7) is 4.01. The number of esters is 1. The molecule has 2 aliphatic heterocycles. The number of nitrogens with zero attached hydrogens (tertiary/aromatic N) is 1. The first-order chi connectivity index (χ1) is 12.7. The van der Waals surface area contributed by atoms with E-state index >= 15 is 0 Å². The molecule has 0 aliphatic carbocycles. The summed E-state index contributed by atoms with van der Waals surface area (Å²) < 4.78 is 4.89. The second kappa shape index (κ2) is 7.13. The van der Waals surface area contributed by atoms with E-state index in [1.165, 1.54) is 12.0 Å². The predicted molar refractivity (Wildman–Crippen MR) is 101 cm³/mol. The molecule has 2 heterocycles. The molecule has 1 aromatic carbocycles. The summed E-state index contributed by atoms with van der Waals surface area (Å²) in [6.07, 6.45) is 0.629. The number of hydrogen-bond donors (Lipinski definition) is 2. The molecule has 1 aromatic rings. The van der Waals surface area contributed by atoms with Crippen LogP contribution in [0.2, 0.25) is 5.02 Å². The summed E-state index contributed by atoms with van der Waals surface area (Å²) in [5.74, 6) is -0.924. The van der Waals surface area contributed by atoms with E-state index in [0.717, 1.165) is 0 Å². The normalized spacial score (nSPS) is 24.9. The van der Waals surface area contributed by atoms with Crippen molar-refractivity contribution >= 4 is 35.1 Å². The number of carbonyl (C=O) groups excluding carboxylic acids is 3. The minimum absolute atomic E-state index is 0.0660. The minimum atomic E-state index is -1.04. The van der Waals surface area contributed by atoms with Crippen molar-refractivity contribution in [2.75, 3.05) is 19.0 Å². The van der Waals surface area contributed by atoms with Crippen molar-refractivity contribution in [3.8, 4) is 0 Å². The molecular weight excluding hydrogens is 370 g/mol. The quantitative estimate of drug-likeness (QED) is 0.758. The van der Waals surface area contributed by atoms with Crippen LogP contribution in [0.4, 0.5) is 5.69 Å². The van der Waals surface area contributed by atoms with Crippen LogP contribution in [-0.2, 0) is 24.5 Å². The van der Waals surface area contributed by atoms with Gasteiger partial charge in [0.25, 0.3) is 0 Å². The van der Waals surface area contributed by atoms with Crippen LogP contribution in [0.1, 0.15) is 32.3 Å². The molecule has 0 aromatic heterocycles. The molecule has 2 aliphatic rings. The van der Waals surface area contributed by atoms with Gasteiger partial charge >= 0.3 is 5.97 Å². The molecule has 1 unspecified atom stereocenters. The summed E-state index contributed by atoms with van der Waals surface area (Å²) in [4.78, 5) is 39.6. The third kappa shape index (κ3) is 3.30. The van der Waals surface area contributed by atoms with Gasteiger partial charge in [-0.1, -0.05) is 25.4 Å². The van der Waals surface area contributed by atoms with Gasteiger partial charge in [-0.2, -0.15) is 0 Å². The Balaban J connectivity index is 1.99. The number of nitrogens with two attached hydrogens (primary N) is 1. The molecule has 0 saturated carbocycles. The summed E-state index contributed by atoms with van der Waals surface area (Å²) in [5.41, 5.74) is 6.38. The molecule has 0 bridgehead atoms. The predicted octanol–water partition coefficient (Wildman–Crippen LogP) is 1.68. The van der Waals surface area contributed by atoms with Crippen molar-refractivity contribution < 1.29 is 19.1 Å². The summed E-state index contributed by atoms with van der Waals surface area (Å²) in [6, 6.07) is 3.53. The van der Waals surface area contributed by atoms with E-state index in [4.69, 9.17) is 22.1 Å². The topological polar surface area (TPSA) is 102 Å². The number of benzene rings is 1. The highest BCUT2D eigenvalue weighted by molar-refractivity contribution is 6.31. The Labute approximate surface area is 163 Å². The van der Waals surface area contributed by atoms with Gasteiger partial charge in [-0.3, -0.25) is 9.59 Å².